The third-order valence-corrected chi connectivity index (χ3v) is 9.00. The molecule has 214 valence electrons. The van der Waals surface area contributed by atoms with Gasteiger partial charge < -0.3 is 26.2 Å². The molecule has 4 aromatic rings. The third kappa shape index (κ3) is 6.28. The second-order valence-electron chi connectivity index (χ2n) is 10.5. The minimum Gasteiger partial charge on any atom is -0.365 e. The lowest BCUT2D eigenvalue weighted by Gasteiger charge is -2.24. The Balaban J connectivity index is 1.32. The van der Waals surface area contributed by atoms with E-state index in [9.17, 15) is 13.2 Å². The molecule has 0 spiro atoms. The number of nitrogens with zero attached hydrogens (tertiary/aromatic N) is 4. The average molecular weight is 575 g/mol. The fourth-order valence-corrected chi connectivity index (χ4v) is 6.73. The fourth-order valence-electron chi connectivity index (χ4n) is 5.33. The number of piperidine rings is 1. The summed E-state index contributed by atoms with van der Waals surface area (Å²) in [5, 5.41) is 13.7. The Bertz CT molecular complexity index is 1630. The van der Waals surface area contributed by atoms with Crippen LogP contribution in [0.5, 0.6) is 0 Å². The number of fused-ring (bicyclic) bond motifs is 1. The van der Waals surface area contributed by atoms with Gasteiger partial charge in [0.05, 0.1) is 11.1 Å². The quantitative estimate of drug-likeness (QED) is 0.244. The number of urea groups is 1. The topological polar surface area (TPSA) is 133 Å². The van der Waals surface area contributed by atoms with Crippen molar-refractivity contribution in [2.45, 2.75) is 37.5 Å². The summed E-state index contributed by atoms with van der Waals surface area (Å²) >= 11 is 0. The van der Waals surface area contributed by atoms with Crippen LogP contribution < -0.4 is 21.3 Å². The number of rotatable bonds is 8. The summed E-state index contributed by atoms with van der Waals surface area (Å²) in [5.41, 5.74) is 2.30. The lowest BCUT2D eigenvalue weighted by atomic mass is 10.1. The highest BCUT2D eigenvalue weighted by Gasteiger charge is 2.23. The Morgan fingerprint density at radius 3 is 2.56 bits per heavy atom. The fraction of sp³-hybridized carbons (Fsp3) is 0.345. The number of nitrogens with one attached hydrogen (secondary N) is 4. The molecule has 2 aliphatic rings. The van der Waals surface area contributed by atoms with Crippen molar-refractivity contribution in [3.63, 3.8) is 0 Å². The van der Waals surface area contributed by atoms with E-state index in [0.29, 0.717) is 33.8 Å². The lowest BCUT2D eigenvalue weighted by molar-refractivity contribution is 0.222. The Kier molecular flexibility index (Phi) is 7.75. The van der Waals surface area contributed by atoms with Crippen molar-refractivity contribution in [2.75, 3.05) is 42.1 Å². The molecule has 0 bridgehead atoms. The maximum absolute atomic E-state index is 13.5. The Morgan fingerprint density at radius 1 is 0.976 bits per heavy atom. The minimum atomic E-state index is -3.76. The molecule has 41 heavy (non-hydrogen) atoms. The third-order valence-electron chi connectivity index (χ3n) is 7.40. The molecule has 1 atom stereocenters. The second-order valence-corrected chi connectivity index (χ2v) is 12.4. The summed E-state index contributed by atoms with van der Waals surface area (Å²) in [6.45, 7) is 3.29. The number of hydrogen-bond acceptors (Lipinski definition) is 8. The molecular weight excluding hydrogens is 540 g/mol. The molecule has 0 radical (unpaired) electrons. The molecule has 2 fully saturated rings. The molecule has 4 N–H and O–H groups in total. The molecule has 0 unspecified atom stereocenters. The number of aromatic nitrogens is 3. The van der Waals surface area contributed by atoms with Gasteiger partial charge in [-0.25, -0.2) is 17.2 Å². The number of anilines is 4. The van der Waals surface area contributed by atoms with E-state index in [-0.39, 0.29) is 23.8 Å². The van der Waals surface area contributed by atoms with Crippen LogP contribution in [0.4, 0.5) is 27.9 Å². The van der Waals surface area contributed by atoms with Crippen LogP contribution in [0.15, 0.2) is 66.9 Å². The Morgan fingerprint density at radius 2 is 1.78 bits per heavy atom. The van der Waals surface area contributed by atoms with E-state index >= 15 is 0 Å². The molecule has 6 rings (SSSR count). The first-order chi connectivity index (χ1) is 19.9. The van der Waals surface area contributed by atoms with Crippen LogP contribution in [-0.4, -0.2) is 65.5 Å². The summed E-state index contributed by atoms with van der Waals surface area (Å²) < 4.78 is 28.3. The number of hydrogen-bond donors (Lipinski definition) is 4. The Hall–Kier alpha value is -4.16. The molecule has 0 aliphatic carbocycles. The van der Waals surface area contributed by atoms with Gasteiger partial charge in [-0.15, -0.1) is 0 Å². The van der Waals surface area contributed by atoms with Gasteiger partial charge in [-0.1, -0.05) is 36.4 Å². The van der Waals surface area contributed by atoms with Crippen molar-refractivity contribution in [3.8, 4) is 0 Å². The summed E-state index contributed by atoms with van der Waals surface area (Å²) in [4.78, 5) is 23.8. The molecular formula is C29H34N8O3S. The Labute approximate surface area is 239 Å². The molecule has 2 saturated heterocycles. The van der Waals surface area contributed by atoms with Gasteiger partial charge in [-0.3, -0.25) is 0 Å². The molecule has 11 nitrogen and oxygen atoms in total. The van der Waals surface area contributed by atoms with Gasteiger partial charge in [0.25, 0.3) is 0 Å². The summed E-state index contributed by atoms with van der Waals surface area (Å²) in [5.74, 6) is 0.665. The van der Waals surface area contributed by atoms with Crippen molar-refractivity contribution in [1.29, 1.82) is 0 Å². The zero-order chi connectivity index (χ0) is 28.2. The first-order valence-electron chi connectivity index (χ1n) is 14.0. The van der Waals surface area contributed by atoms with E-state index in [1.165, 1.54) is 3.97 Å². The predicted molar refractivity (Wildman–Crippen MR) is 161 cm³/mol. The van der Waals surface area contributed by atoms with Crippen LogP contribution in [0.3, 0.4) is 0 Å². The largest absolute Gasteiger partial charge is 0.365 e. The van der Waals surface area contributed by atoms with Crippen LogP contribution in [0, 0.1) is 0 Å². The van der Waals surface area contributed by atoms with Gasteiger partial charge in [0.2, 0.25) is 16.0 Å². The van der Waals surface area contributed by atoms with Crippen LogP contribution in [0.25, 0.3) is 11.0 Å². The SMILES string of the molecule is O=C(Nc1cccc(Nc2nc(N[C@@H]3CCCNC3)c3ccn(S(=O)(=O)Cc4ccccc4)c3n2)c1)N1CCCC1. The molecule has 0 saturated carbocycles. The van der Waals surface area contributed by atoms with E-state index in [1.807, 2.05) is 42.5 Å². The second kappa shape index (κ2) is 11.8. The van der Waals surface area contributed by atoms with Crippen LogP contribution in [-0.2, 0) is 15.8 Å². The summed E-state index contributed by atoms with van der Waals surface area (Å²) in [7, 11) is -3.76. The maximum Gasteiger partial charge on any atom is 0.321 e. The van der Waals surface area contributed by atoms with Crippen LogP contribution >= 0.6 is 0 Å². The number of carbonyl (C=O) groups is 1. The van der Waals surface area contributed by atoms with Gasteiger partial charge in [0.1, 0.15) is 5.82 Å². The minimum absolute atomic E-state index is 0.119. The molecule has 4 heterocycles. The van der Waals surface area contributed by atoms with Crippen molar-refractivity contribution in [1.82, 2.24) is 24.2 Å². The number of benzene rings is 2. The lowest BCUT2D eigenvalue weighted by Crippen LogP contribution is -2.38. The number of amides is 2. The highest BCUT2D eigenvalue weighted by molar-refractivity contribution is 7.89. The van der Waals surface area contributed by atoms with Crippen molar-refractivity contribution >= 4 is 50.2 Å². The smallest absolute Gasteiger partial charge is 0.321 e. The van der Waals surface area contributed by atoms with E-state index < -0.39 is 10.0 Å². The monoisotopic (exact) mass is 574 g/mol. The van der Waals surface area contributed by atoms with E-state index in [0.717, 1.165) is 51.9 Å². The van der Waals surface area contributed by atoms with Gasteiger partial charge in [0.15, 0.2) is 5.65 Å². The molecule has 2 aromatic heterocycles. The van der Waals surface area contributed by atoms with E-state index in [2.05, 4.69) is 26.3 Å². The van der Waals surface area contributed by atoms with Crippen LogP contribution in [0.1, 0.15) is 31.2 Å². The zero-order valence-corrected chi connectivity index (χ0v) is 23.5. The first-order valence-corrected chi connectivity index (χ1v) is 15.6. The van der Waals surface area contributed by atoms with E-state index in [1.54, 1.807) is 29.3 Å². The number of likely N-dealkylation sites (tertiary alicyclic amines) is 1. The van der Waals surface area contributed by atoms with Crippen molar-refractivity contribution < 1.29 is 13.2 Å². The first kappa shape index (κ1) is 27.0. The van der Waals surface area contributed by atoms with Gasteiger partial charge in [-0.2, -0.15) is 9.97 Å². The summed E-state index contributed by atoms with van der Waals surface area (Å²) in [6.07, 6.45) is 5.60. The predicted octanol–water partition coefficient (Wildman–Crippen LogP) is 4.34. The van der Waals surface area contributed by atoms with Gasteiger partial charge in [-0.05, 0) is 62.1 Å². The summed E-state index contributed by atoms with van der Waals surface area (Å²) in [6, 6.07) is 18.2. The standard InChI is InChI=1S/C29H34N8O3S/c38-29(36-15-4-5-16-36)33-23-11-6-10-22(18-23)32-28-34-26(31-24-12-7-14-30-19-24)25-13-17-37(27(25)35-28)41(39,40)20-21-8-2-1-3-9-21/h1-3,6,8-11,13,17-18,24,30H,4-5,7,12,14-16,19-20H2,(H,33,38)(H2,31,32,34,35)/t24-/m1/s1. The molecule has 12 heteroatoms. The van der Waals surface area contributed by atoms with E-state index in [4.69, 9.17) is 4.98 Å². The van der Waals surface area contributed by atoms with Crippen LogP contribution in [0.2, 0.25) is 0 Å². The normalized spacial score (nSPS) is 17.5. The van der Waals surface area contributed by atoms with Crippen molar-refractivity contribution in [3.05, 3.63) is 72.4 Å². The highest BCUT2D eigenvalue weighted by atomic mass is 32.2. The number of carbonyl (C=O) groups excluding carboxylic acids is 1. The average Bonchev–Trinajstić information content (AvgIpc) is 3.66. The molecule has 2 amide bonds. The zero-order valence-electron chi connectivity index (χ0n) is 22.7. The van der Waals surface area contributed by atoms with Gasteiger partial charge in [0, 0.05) is 43.2 Å². The highest BCUT2D eigenvalue weighted by Crippen LogP contribution is 2.28. The molecule has 2 aromatic carbocycles. The molecule has 2 aliphatic heterocycles. The van der Waals surface area contributed by atoms with Crippen molar-refractivity contribution in [2.24, 2.45) is 0 Å². The maximum atomic E-state index is 13.5. The van der Waals surface area contributed by atoms with Gasteiger partial charge >= 0.3 is 6.03 Å².